The van der Waals surface area contributed by atoms with Crippen LogP contribution in [0.5, 0.6) is 0 Å². The van der Waals surface area contributed by atoms with Crippen LogP contribution in [0.3, 0.4) is 0 Å². The van der Waals surface area contributed by atoms with Gasteiger partial charge in [0, 0.05) is 23.6 Å². The molecule has 0 fully saturated rings. The Kier molecular flexibility index (Phi) is 8.48. The molecular formula is C21H28ClN2O3S+. The second-order valence-corrected chi connectivity index (χ2v) is 9.30. The number of carbonyl (C=O) groups is 1. The van der Waals surface area contributed by atoms with Gasteiger partial charge >= 0.3 is 0 Å². The first kappa shape index (κ1) is 22.4. The van der Waals surface area contributed by atoms with Crippen molar-refractivity contribution < 1.29 is 18.1 Å². The minimum atomic E-state index is -3.50. The van der Waals surface area contributed by atoms with E-state index in [1.165, 1.54) is 34.7 Å². The minimum absolute atomic E-state index is 0.0750. The summed E-state index contributed by atoms with van der Waals surface area (Å²) in [4.78, 5) is 13.7. The van der Waals surface area contributed by atoms with Crippen molar-refractivity contribution in [2.75, 3.05) is 18.8 Å². The first-order chi connectivity index (χ1) is 13.3. The predicted molar refractivity (Wildman–Crippen MR) is 112 cm³/mol. The van der Waals surface area contributed by atoms with Gasteiger partial charge in [-0.3, -0.25) is 4.79 Å². The second kappa shape index (κ2) is 10.6. The Hall–Kier alpha value is -1.89. The van der Waals surface area contributed by atoms with Crippen LogP contribution in [0.25, 0.3) is 0 Å². The molecule has 0 bridgehead atoms. The highest BCUT2D eigenvalue weighted by molar-refractivity contribution is 7.91. The molecule has 0 heterocycles. The Bertz CT molecular complexity index is 862. The molecule has 2 rings (SSSR count). The van der Waals surface area contributed by atoms with Crippen molar-refractivity contribution in [2.24, 2.45) is 0 Å². The van der Waals surface area contributed by atoms with E-state index in [9.17, 15) is 13.2 Å². The first-order valence-corrected chi connectivity index (χ1v) is 11.5. The van der Waals surface area contributed by atoms with Crippen LogP contribution in [-0.4, -0.2) is 33.2 Å². The molecule has 0 unspecified atom stereocenters. The standard InChI is InChI=1S/C21H27ClN2O3S/c1-3-24(4-2)16-18-7-5-17(6-8-18)15-23-21(25)13-14-28(26,27)20-11-9-19(22)10-12-20/h5-12H,3-4,13-16H2,1-2H3,(H,23,25)/p+1. The summed E-state index contributed by atoms with van der Waals surface area (Å²) in [7, 11) is -3.50. The molecule has 0 aliphatic carbocycles. The Morgan fingerprint density at radius 2 is 1.54 bits per heavy atom. The van der Waals surface area contributed by atoms with Crippen molar-refractivity contribution in [1.29, 1.82) is 0 Å². The zero-order valence-electron chi connectivity index (χ0n) is 16.4. The molecule has 0 aliphatic heterocycles. The van der Waals surface area contributed by atoms with E-state index < -0.39 is 9.84 Å². The Morgan fingerprint density at radius 3 is 2.11 bits per heavy atom. The smallest absolute Gasteiger partial charge is 0.221 e. The van der Waals surface area contributed by atoms with Crippen molar-refractivity contribution in [3.63, 3.8) is 0 Å². The van der Waals surface area contributed by atoms with Crippen LogP contribution >= 0.6 is 11.6 Å². The highest BCUT2D eigenvalue weighted by Crippen LogP contribution is 2.16. The molecule has 152 valence electrons. The number of hydrogen-bond acceptors (Lipinski definition) is 3. The highest BCUT2D eigenvalue weighted by atomic mass is 35.5. The molecule has 0 radical (unpaired) electrons. The number of benzene rings is 2. The quantitative estimate of drug-likeness (QED) is 0.615. The Morgan fingerprint density at radius 1 is 0.964 bits per heavy atom. The molecule has 5 nitrogen and oxygen atoms in total. The predicted octanol–water partition coefficient (Wildman–Crippen LogP) is 2.24. The number of rotatable bonds is 10. The van der Waals surface area contributed by atoms with Gasteiger partial charge in [-0.05, 0) is 43.7 Å². The molecule has 0 aromatic heterocycles. The zero-order valence-corrected chi connectivity index (χ0v) is 17.9. The molecule has 2 N–H and O–H groups in total. The van der Waals surface area contributed by atoms with Crippen LogP contribution in [0.15, 0.2) is 53.4 Å². The maximum atomic E-state index is 12.3. The van der Waals surface area contributed by atoms with Gasteiger partial charge in [-0.2, -0.15) is 0 Å². The van der Waals surface area contributed by atoms with Gasteiger partial charge in [-0.25, -0.2) is 8.42 Å². The van der Waals surface area contributed by atoms with E-state index in [1.807, 2.05) is 12.1 Å². The van der Waals surface area contributed by atoms with Crippen LogP contribution in [0.4, 0.5) is 0 Å². The summed E-state index contributed by atoms with van der Waals surface area (Å²) >= 11 is 5.78. The van der Waals surface area contributed by atoms with Crippen molar-refractivity contribution in [1.82, 2.24) is 5.32 Å². The minimum Gasteiger partial charge on any atom is -0.352 e. The number of carbonyl (C=O) groups excluding carboxylic acids is 1. The van der Waals surface area contributed by atoms with Crippen molar-refractivity contribution in [3.8, 4) is 0 Å². The number of amides is 1. The topological polar surface area (TPSA) is 67.7 Å². The lowest BCUT2D eigenvalue weighted by atomic mass is 10.1. The largest absolute Gasteiger partial charge is 0.352 e. The average molecular weight is 424 g/mol. The maximum absolute atomic E-state index is 12.3. The normalized spacial score (nSPS) is 11.6. The third kappa shape index (κ3) is 6.93. The Labute approximate surface area is 172 Å². The third-order valence-electron chi connectivity index (χ3n) is 4.74. The number of halogens is 1. The van der Waals surface area contributed by atoms with E-state index in [4.69, 9.17) is 11.6 Å². The fourth-order valence-electron chi connectivity index (χ4n) is 2.84. The first-order valence-electron chi connectivity index (χ1n) is 9.50. The third-order valence-corrected chi connectivity index (χ3v) is 6.72. The van der Waals surface area contributed by atoms with Gasteiger partial charge in [0.1, 0.15) is 6.54 Å². The fourth-order valence-corrected chi connectivity index (χ4v) is 4.21. The summed E-state index contributed by atoms with van der Waals surface area (Å²) in [6, 6.07) is 14.1. The van der Waals surface area contributed by atoms with Gasteiger partial charge in [0.2, 0.25) is 5.91 Å². The Balaban J connectivity index is 1.81. The summed E-state index contributed by atoms with van der Waals surface area (Å²) in [6.07, 6.45) is -0.0750. The summed E-state index contributed by atoms with van der Waals surface area (Å²) in [6.45, 7) is 7.91. The monoisotopic (exact) mass is 423 g/mol. The van der Waals surface area contributed by atoms with E-state index in [2.05, 4.69) is 31.3 Å². The highest BCUT2D eigenvalue weighted by Gasteiger charge is 2.16. The molecule has 7 heteroatoms. The summed E-state index contributed by atoms with van der Waals surface area (Å²) in [5.41, 5.74) is 2.26. The summed E-state index contributed by atoms with van der Waals surface area (Å²) in [5.74, 6) is -0.513. The van der Waals surface area contributed by atoms with Crippen LogP contribution < -0.4 is 10.2 Å². The molecule has 0 saturated heterocycles. The molecular weight excluding hydrogens is 396 g/mol. The van der Waals surface area contributed by atoms with E-state index in [1.54, 1.807) is 0 Å². The molecule has 2 aromatic rings. The van der Waals surface area contributed by atoms with Crippen LogP contribution in [0.1, 0.15) is 31.4 Å². The average Bonchev–Trinajstić information content (AvgIpc) is 2.70. The van der Waals surface area contributed by atoms with Crippen molar-refractivity contribution in [3.05, 3.63) is 64.7 Å². The molecule has 0 saturated carbocycles. The van der Waals surface area contributed by atoms with Crippen LogP contribution in [0, 0.1) is 0 Å². The number of nitrogens with one attached hydrogen (secondary N) is 2. The van der Waals surface area contributed by atoms with Gasteiger partial charge in [-0.15, -0.1) is 0 Å². The number of sulfone groups is 1. The zero-order chi connectivity index (χ0) is 20.6. The SMILES string of the molecule is CC[NH+](CC)Cc1ccc(CNC(=O)CCS(=O)(=O)c2ccc(Cl)cc2)cc1. The number of hydrogen-bond donors (Lipinski definition) is 2. The molecule has 2 aromatic carbocycles. The van der Waals surface area contributed by atoms with Gasteiger partial charge in [0.05, 0.1) is 23.7 Å². The van der Waals surface area contributed by atoms with Crippen molar-refractivity contribution >= 4 is 27.3 Å². The molecule has 28 heavy (non-hydrogen) atoms. The lowest BCUT2D eigenvalue weighted by Crippen LogP contribution is -3.10. The van der Waals surface area contributed by atoms with E-state index in [-0.39, 0.29) is 23.0 Å². The lowest BCUT2D eigenvalue weighted by Gasteiger charge is -2.15. The van der Waals surface area contributed by atoms with Crippen LogP contribution in [-0.2, 0) is 27.7 Å². The number of quaternary nitrogens is 1. The molecule has 0 spiro atoms. The van der Waals surface area contributed by atoms with Crippen LogP contribution in [0.2, 0.25) is 5.02 Å². The molecule has 0 aliphatic rings. The fraction of sp³-hybridized carbons (Fsp3) is 0.381. The van der Waals surface area contributed by atoms with Gasteiger partial charge < -0.3 is 10.2 Å². The summed E-state index contributed by atoms with van der Waals surface area (Å²) in [5, 5.41) is 3.26. The second-order valence-electron chi connectivity index (χ2n) is 6.75. The van der Waals surface area contributed by atoms with Crippen molar-refractivity contribution in [2.45, 2.75) is 38.3 Å². The van der Waals surface area contributed by atoms with E-state index >= 15 is 0 Å². The molecule has 0 atom stereocenters. The van der Waals surface area contributed by atoms with Gasteiger partial charge in [0.25, 0.3) is 0 Å². The molecule has 1 amide bonds. The summed E-state index contributed by atoms with van der Waals surface area (Å²) < 4.78 is 24.5. The van der Waals surface area contributed by atoms with E-state index in [0.29, 0.717) is 11.6 Å². The maximum Gasteiger partial charge on any atom is 0.221 e. The van der Waals surface area contributed by atoms with Gasteiger partial charge in [0.15, 0.2) is 9.84 Å². The lowest BCUT2D eigenvalue weighted by molar-refractivity contribution is -0.910. The van der Waals surface area contributed by atoms with E-state index in [0.717, 1.165) is 25.2 Å². The van der Waals surface area contributed by atoms with Gasteiger partial charge in [-0.1, -0.05) is 35.9 Å².